The molecule has 5 aliphatic rings. The molecule has 8 heteroatoms. The van der Waals surface area contributed by atoms with E-state index in [1.807, 2.05) is 13.8 Å². The zero-order chi connectivity index (χ0) is 24.8. The highest BCUT2D eigenvalue weighted by Crippen LogP contribution is 2.72. The van der Waals surface area contributed by atoms with Gasteiger partial charge in [-0.1, -0.05) is 19.9 Å². The minimum absolute atomic E-state index is 0.0195. The molecule has 0 aromatic rings. The molecule has 5 rings (SSSR count). The first-order chi connectivity index (χ1) is 15.9. The molecular weight excluding hydrogens is 440 g/mol. The maximum atomic E-state index is 13.8. The van der Waals surface area contributed by atoms with Crippen LogP contribution in [0.1, 0.15) is 67.2 Å². The van der Waals surface area contributed by atoms with Crippen molar-refractivity contribution in [3.63, 3.8) is 0 Å². The SMILES string of the molecule is CC=C(C)C(=O)OC1C2=C(C)C3CC4(COC(C)=O)C(=O)OC5CCC(C)C1(C)C5(O)CC24O3. The lowest BCUT2D eigenvalue weighted by molar-refractivity contribution is -0.263. The van der Waals surface area contributed by atoms with Crippen molar-refractivity contribution in [3.05, 3.63) is 22.8 Å². The van der Waals surface area contributed by atoms with Crippen LogP contribution in [0.3, 0.4) is 0 Å². The van der Waals surface area contributed by atoms with Crippen LogP contribution in [0, 0.1) is 16.7 Å². The summed E-state index contributed by atoms with van der Waals surface area (Å²) in [6.45, 7) is 10.5. The van der Waals surface area contributed by atoms with Crippen LogP contribution in [-0.4, -0.2) is 59.1 Å². The number of allylic oxidation sites excluding steroid dienone is 1. The summed E-state index contributed by atoms with van der Waals surface area (Å²) >= 11 is 0. The summed E-state index contributed by atoms with van der Waals surface area (Å²) in [5, 5.41) is 12.5. The second-order valence-electron chi connectivity index (χ2n) is 11.1. The lowest BCUT2D eigenvalue weighted by Gasteiger charge is -2.63. The second-order valence-corrected chi connectivity index (χ2v) is 11.1. The summed E-state index contributed by atoms with van der Waals surface area (Å²) in [5.41, 5.74) is -2.88. The molecule has 1 spiro atoms. The molecular formula is C26H34O8. The van der Waals surface area contributed by atoms with Gasteiger partial charge in [0.2, 0.25) is 0 Å². The molecule has 0 amide bonds. The maximum Gasteiger partial charge on any atom is 0.333 e. The number of hydrogen-bond acceptors (Lipinski definition) is 8. The van der Waals surface area contributed by atoms with Crippen molar-refractivity contribution in [3.8, 4) is 0 Å². The fraction of sp³-hybridized carbons (Fsp3) is 0.731. The minimum Gasteiger partial charge on any atom is -0.465 e. The molecule has 2 aliphatic carbocycles. The maximum absolute atomic E-state index is 13.8. The van der Waals surface area contributed by atoms with Gasteiger partial charge in [0, 0.05) is 36.3 Å². The molecule has 8 nitrogen and oxygen atoms in total. The van der Waals surface area contributed by atoms with Crippen LogP contribution in [0.2, 0.25) is 0 Å². The predicted molar refractivity (Wildman–Crippen MR) is 119 cm³/mol. The molecule has 3 aliphatic heterocycles. The van der Waals surface area contributed by atoms with Crippen molar-refractivity contribution >= 4 is 17.9 Å². The molecule has 1 N–H and O–H groups in total. The van der Waals surface area contributed by atoms with E-state index in [0.717, 1.165) is 11.1 Å². The monoisotopic (exact) mass is 474 g/mol. The van der Waals surface area contributed by atoms with Crippen LogP contribution in [0.25, 0.3) is 0 Å². The molecule has 4 fully saturated rings. The molecule has 0 aromatic heterocycles. The molecule has 186 valence electrons. The number of ether oxygens (including phenoxy) is 4. The third-order valence-corrected chi connectivity index (χ3v) is 9.81. The first-order valence-corrected chi connectivity index (χ1v) is 12.2. The van der Waals surface area contributed by atoms with E-state index >= 15 is 0 Å². The average Bonchev–Trinajstić information content (AvgIpc) is 3.22. The normalized spacial score (nSPS) is 46.7. The van der Waals surface area contributed by atoms with E-state index in [1.54, 1.807) is 19.9 Å². The smallest absolute Gasteiger partial charge is 0.333 e. The van der Waals surface area contributed by atoms with Gasteiger partial charge < -0.3 is 24.1 Å². The van der Waals surface area contributed by atoms with Gasteiger partial charge in [-0.15, -0.1) is 0 Å². The Bertz CT molecular complexity index is 1040. The van der Waals surface area contributed by atoms with Crippen molar-refractivity contribution < 1.29 is 38.4 Å². The first kappa shape index (κ1) is 23.5. The highest BCUT2D eigenvalue weighted by atomic mass is 16.6. The van der Waals surface area contributed by atoms with E-state index in [1.165, 1.54) is 6.92 Å². The third-order valence-electron chi connectivity index (χ3n) is 9.81. The van der Waals surface area contributed by atoms with Crippen LogP contribution in [0.15, 0.2) is 22.8 Å². The van der Waals surface area contributed by atoms with Crippen LogP contribution in [0.5, 0.6) is 0 Å². The first-order valence-electron chi connectivity index (χ1n) is 12.2. The second kappa shape index (κ2) is 7.17. The van der Waals surface area contributed by atoms with Gasteiger partial charge >= 0.3 is 17.9 Å². The quantitative estimate of drug-likeness (QED) is 0.287. The molecule has 2 saturated heterocycles. The summed E-state index contributed by atoms with van der Waals surface area (Å²) in [4.78, 5) is 38.7. The van der Waals surface area contributed by atoms with Gasteiger partial charge in [-0.3, -0.25) is 9.59 Å². The standard InChI is InChI=1S/C26H34O8/c1-7-13(2)21(28)33-20-19-15(4)17-10-24(12-31-16(5)27)22(29)32-18-9-8-14(3)23(20,6)25(18,30)11-26(19,24)34-17/h7,14,17-18,20,30H,8-12H2,1-6H3. The van der Waals surface area contributed by atoms with E-state index in [2.05, 4.69) is 6.92 Å². The highest BCUT2D eigenvalue weighted by molar-refractivity contribution is 5.88. The Balaban J connectivity index is 1.76. The van der Waals surface area contributed by atoms with Crippen molar-refractivity contribution in [2.75, 3.05) is 6.61 Å². The van der Waals surface area contributed by atoms with Gasteiger partial charge in [0.25, 0.3) is 0 Å². The number of aliphatic hydroxyl groups is 1. The molecule has 3 bridgehead atoms. The van der Waals surface area contributed by atoms with Gasteiger partial charge in [0.15, 0.2) is 0 Å². The van der Waals surface area contributed by atoms with E-state index in [4.69, 9.17) is 18.9 Å². The average molecular weight is 475 g/mol. The molecule has 8 unspecified atom stereocenters. The Morgan fingerprint density at radius 3 is 2.62 bits per heavy atom. The van der Waals surface area contributed by atoms with Gasteiger partial charge in [0.05, 0.1) is 6.10 Å². The van der Waals surface area contributed by atoms with Crippen LogP contribution < -0.4 is 0 Å². The lowest BCUT2D eigenvalue weighted by atomic mass is 9.44. The number of carbonyl (C=O) groups excluding carboxylic acids is 3. The fourth-order valence-corrected chi connectivity index (χ4v) is 7.45. The zero-order valence-corrected chi connectivity index (χ0v) is 20.7. The number of rotatable bonds is 4. The molecule has 8 atom stereocenters. The summed E-state index contributed by atoms with van der Waals surface area (Å²) in [6, 6.07) is 0. The number of fused-ring (bicyclic) bond motifs is 1. The minimum atomic E-state index is -1.49. The number of hydrogen-bond donors (Lipinski definition) is 1. The summed E-state index contributed by atoms with van der Waals surface area (Å²) in [6.07, 6.45) is 1.30. The van der Waals surface area contributed by atoms with Gasteiger partial charge in [0.1, 0.15) is 35.4 Å². The molecule has 3 heterocycles. The molecule has 2 saturated carbocycles. The molecule has 34 heavy (non-hydrogen) atoms. The predicted octanol–water partition coefficient (Wildman–Crippen LogP) is 2.77. The van der Waals surface area contributed by atoms with Crippen LogP contribution in [0.4, 0.5) is 0 Å². The fourth-order valence-electron chi connectivity index (χ4n) is 7.45. The van der Waals surface area contributed by atoms with Crippen LogP contribution >= 0.6 is 0 Å². The van der Waals surface area contributed by atoms with Crippen molar-refractivity contribution in [2.45, 2.75) is 96.7 Å². The van der Waals surface area contributed by atoms with E-state index in [9.17, 15) is 19.5 Å². The van der Waals surface area contributed by atoms with Crippen molar-refractivity contribution in [2.24, 2.45) is 16.7 Å². The van der Waals surface area contributed by atoms with Crippen molar-refractivity contribution in [1.29, 1.82) is 0 Å². The zero-order valence-electron chi connectivity index (χ0n) is 20.7. The van der Waals surface area contributed by atoms with E-state index in [-0.39, 0.29) is 25.4 Å². The van der Waals surface area contributed by atoms with Gasteiger partial charge in [-0.05, 0) is 45.1 Å². The molecule has 0 aromatic carbocycles. The summed E-state index contributed by atoms with van der Waals surface area (Å²) in [7, 11) is 0. The Morgan fingerprint density at radius 2 is 1.97 bits per heavy atom. The van der Waals surface area contributed by atoms with Crippen LogP contribution in [-0.2, 0) is 33.3 Å². The summed E-state index contributed by atoms with van der Waals surface area (Å²) < 4.78 is 24.3. The number of carbonyl (C=O) groups is 3. The van der Waals surface area contributed by atoms with Gasteiger partial charge in [-0.25, -0.2) is 4.79 Å². The Hall–Kier alpha value is -2.19. The largest absolute Gasteiger partial charge is 0.465 e. The highest BCUT2D eigenvalue weighted by Gasteiger charge is 2.83. The Kier molecular flexibility index (Phi) is 4.96. The third kappa shape index (κ3) is 2.53. The van der Waals surface area contributed by atoms with E-state index in [0.29, 0.717) is 18.4 Å². The summed E-state index contributed by atoms with van der Waals surface area (Å²) in [5.74, 6) is -1.52. The number of esters is 3. The molecule has 0 radical (unpaired) electrons. The topological polar surface area (TPSA) is 108 Å². The van der Waals surface area contributed by atoms with Crippen molar-refractivity contribution in [1.82, 2.24) is 0 Å². The lowest BCUT2D eigenvalue weighted by Crippen LogP contribution is -2.73. The van der Waals surface area contributed by atoms with E-state index < -0.39 is 58.3 Å². The Labute approximate surface area is 199 Å². The van der Waals surface area contributed by atoms with Gasteiger partial charge in [-0.2, -0.15) is 0 Å². The Morgan fingerprint density at radius 1 is 1.26 bits per heavy atom.